The first-order valence-electron chi connectivity index (χ1n) is 5.44. The summed E-state index contributed by atoms with van der Waals surface area (Å²) in [5.41, 5.74) is -0.805. The van der Waals surface area contributed by atoms with Gasteiger partial charge in [-0.2, -0.15) is 13.2 Å². The number of anilines is 1. The summed E-state index contributed by atoms with van der Waals surface area (Å²) < 4.78 is 37.2. The van der Waals surface area contributed by atoms with Crippen molar-refractivity contribution in [3.8, 4) is 0 Å². The number of hydrogen-bond donors (Lipinski definition) is 1. The molecule has 1 heterocycles. The Morgan fingerprint density at radius 3 is 2.24 bits per heavy atom. The highest BCUT2D eigenvalue weighted by Gasteiger charge is 2.30. The van der Waals surface area contributed by atoms with Gasteiger partial charge in [-0.15, -0.1) is 0 Å². The highest BCUT2D eigenvalue weighted by atomic mass is 35.5. The molecule has 0 aliphatic heterocycles. The van der Waals surface area contributed by atoms with Gasteiger partial charge in [0, 0.05) is 11.6 Å². The summed E-state index contributed by atoms with van der Waals surface area (Å²) in [4.78, 5) is 19.2. The molecular weight excluding hydrogens is 330 g/mol. The van der Waals surface area contributed by atoms with Crippen LogP contribution < -0.4 is 5.32 Å². The maximum atomic E-state index is 12.4. The lowest BCUT2D eigenvalue weighted by Gasteiger charge is -2.08. The van der Waals surface area contributed by atoms with E-state index >= 15 is 0 Å². The number of rotatable bonds is 2. The number of carbonyl (C=O) groups excluding carboxylic acids is 1. The van der Waals surface area contributed by atoms with E-state index in [1.807, 2.05) is 0 Å². The van der Waals surface area contributed by atoms with Crippen LogP contribution in [0.25, 0.3) is 0 Å². The number of benzene rings is 1. The van der Waals surface area contributed by atoms with Crippen molar-refractivity contribution < 1.29 is 18.0 Å². The van der Waals surface area contributed by atoms with Crippen LogP contribution in [0, 0.1) is 0 Å². The van der Waals surface area contributed by atoms with Crippen LogP contribution in [-0.2, 0) is 6.18 Å². The third-order valence-electron chi connectivity index (χ3n) is 2.38. The lowest BCUT2D eigenvalue weighted by molar-refractivity contribution is -0.137. The molecule has 0 atom stereocenters. The van der Waals surface area contributed by atoms with Crippen LogP contribution in [0.5, 0.6) is 0 Å². The number of amides is 1. The van der Waals surface area contributed by atoms with Crippen LogP contribution in [0.1, 0.15) is 15.9 Å². The molecule has 110 valence electrons. The van der Waals surface area contributed by atoms with Crippen LogP contribution in [0.4, 0.5) is 19.0 Å². The molecule has 1 N–H and O–H groups in total. The van der Waals surface area contributed by atoms with Crippen LogP contribution in [-0.4, -0.2) is 15.9 Å². The fraction of sp³-hybridized carbons (Fsp3) is 0.0833. The van der Waals surface area contributed by atoms with Gasteiger partial charge in [0.15, 0.2) is 0 Å². The number of hydrogen-bond acceptors (Lipinski definition) is 3. The lowest BCUT2D eigenvalue weighted by Crippen LogP contribution is -2.14. The van der Waals surface area contributed by atoms with Crippen molar-refractivity contribution in [2.75, 3.05) is 5.32 Å². The molecule has 1 aromatic carbocycles. The van der Waals surface area contributed by atoms with Gasteiger partial charge in [0.1, 0.15) is 11.0 Å². The second-order valence-electron chi connectivity index (χ2n) is 3.87. The summed E-state index contributed by atoms with van der Waals surface area (Å²) in [5, 5.41) is 2.22. The predicted molar refractivity (Wildman–Crippen MR) is 71.4 cm³/mol. The van der Waals surface area contributed by atoms with Crippen molar-refractivity contribution in [3.05, 3.63) is 51.9 Å². The van der Waals surface area contributed by atoms with E-state index in [1.165, 1.54) is 6.07 Å². The number of nitrogens with zero attached hydrogens (tertiary/aromatic N) is 2. The third-order valence-corrected chi connectivity index (χ3v) is 2.75. The first-order chi connectivity index (χ1) is 9.75. The Hall–Kier alpha value is -1.86. The first-order valence-corrected chi connectivity index (χ1v) is 6.20. The zero-order valence-electron chi connectivity index (χ0n) is 10.1. The molecule has 9 heteroatoms. The summed E-state index contributed by atoms with van der Waals surface area (Å²) in [7, 11) is 0. The minimum Gasteiger partial charge on any atom is -0.306 e. The SMILES string of the molecule is O=C(Nc1cc(Cl)nc(Cl)n1)c1ccc(C(F)(F)F)cc1. The maximum absolute atomic E-state index is 12.4. The van der Waals surface area contributed by atoms with Crippen molar-refractivity contribution >= 4 is 34.9 Å². The predicted octanol–water partition coefficient (Wildman–Crippen LogP) is 4.05. The fourth-order valence-corrected chi connectivity index (χ4v) is 1.86. The second-order valence-corrected chi connectivity index (χ2v) is 4.60. The highest BCUT2D eigenvalue weighted by Crippen LogP contribution is 2.29. The van der Waals surface area contributed by atoms with E-state index in [-0.39, 0.29) is 21.8 Å². The summed E-state index contributed by atoms with van der Waals surface area (Å²) in [6.07, 6.45) is -4.46. The molecule has 0 radical (unpaired) electrons. The lowest BCUT2D eigenvalue weighted by atomic mass is 10.1. The molecule has 4 nitrogen and oxygen atoms in total. The van der Waals surface area contributed by atoms with Gasteiger partial charge in [-0.05, 0) is 35.9 Å². The van der Waals surface area contributed by atoms with E-state index in [2.05, 4.69) is 15.3 Å². The van der Waals surface area contributed by atoms with Gasteiger partial charge in [0.2, 0.25) is 5.28 Å². The normalized spacial score (nSPS) is 11.3. The average Bonchev–Trinajstić information content (AvgIpc) is 2.36. The first kappa shape index (κ1) is 15.5. The van der Waals surface area contributed by atoms with E-state index in [0.29, 0.717) is 0 Å². The minimum atomic E-state index is -4.46. The van der Waals surface area contributed by atoms with Gasteiger partial charge in [0.25, 0.3) is 5.91 Å². The van der Waals surface area contributed by atoms with Gasteiger partial charge in [-0.3, -0.25) is 4.79 Å². The number of aromatic nitrogens is 2. The summed E-state index contributed by atoms with van der Waals surface area (Å²) >= 11 is 11.2. The minimum absolute atomic E-state index is 0.0257. The molecule has 21 heavy (non-hydrogen) atoms. The number of halogens is 5. The Morgan fingerprint density at radius 2 is 1.71 bits per heavy atom. The van der Waals surface area contributed by atoms with Gasteiger partial charge < -0.3 is 5.32 Å². The van der Waals surface area contributed by atoms with Gasteiger partial charge in [-0.25, -0.2) is 9.97 Å². The van der Waals surface area contributed by atoms with Crippen molar-refractivity contribution in [2.45, 2.75) is 6.18 Å². The van der Waals surface area contributed by atoms with Gasteiger partial charge in [0.05, 0.1) is 5.56 Å². The fourth-order valence-electron chi connectivity index (χ4n) is 1.45. The zero-order valence-corrected chi connectivity index (χ0v) is 11.6. The van der Waals surface area contributed by atoms with E-state index in [0.717, 1.165) is 24.3 Å². The molecule has 1 aromatic heterocycles. The average molecular weight is 336 g/mol. The Labute approximate surface area is 126 Å². The molecule has 0 spiro atoms. The number of alkyl halides is 3. The largest absolute Gasteiger partial charge is 0.416 e. The van der Waals surface area contributed by atoms with Crippen LogP contribution in [0.15, 0.2) is 30.3 Å². The Morgan fingerprint density at radius 1 is 1.10 bits per heavy atom. The standard InChI is InChI=1S/C12H6Cl2F3N3O/c13-8-5-9(20-11(14)18-8)19-10(21)6-1-3-7(4-2-6)12(15,16)17/h1-5H,(H,18,19,20,21). The second kappa shape index (κ2) is 5.87. The molecule has 1 amide bonds. The molecule has 0 saturated carbocycles. The topological polar surface area (TPSA) is 54.9 Å². The Kier molecular flexibility index (Phi) is 4.34. The van der Waals surface area contributed by atoms with Crippen molar-refractivity contribution in [3.63, 3.8) is 0 Å². The molecule has 0 unspecified atom stereocenters. The number of carbonyl (C=O) groups is 1. The third kappa shape index (κ3) is 4.05. The Balaban J connectivity index is 2.17. The number of nitrogens with one attached hydrogen (secondary N) is 1. The van der Waals surface area contributed by atoms with E-state index < -0.39 is 17.6 Å². The molecule has 2 aromatic rings. The molecule has 0 aliphatic carbocycles. The monoisotopic (exact) mass is 335 g/mol. The summed E-state index contributed by atoms with van der Waals surface area (Å²) in [6.45, 7) is 0. The smallest absolute Gasteiger partial charge is 0.306 e. The van der Waals surface area contributed by atoms with E-state index in [1.54, 1.807) is 0 Å². The molecular formula is C12H6Cl2F3N3O. The van der Waals surface area contributed by atoms with Crippen molar-refractivity contribution in [1.82, 2.24) is 9.97 Å². The molecule has 0 saturated heterocycles. The molecule has 0 aliphatic rings. The van der Waals surface area contributed by atoms with Gasteiger partial charge in [-0.1, -0.05) is 11.6 Å². The van der Waals surface area contributed by atoms with Crippen LogP contribution in [0.3, 0.4) is 0 Å². The molecule has 2 rings (SSSR count). The van der Waals surface area contributed by atoms with Crippen molar-refractivity contribution in [1.29, 1.82) is 0 Å². The highest BCUT2D eigenvalue weighted by molar-refractivity contribution is 6.32. The van der Waals surface area contributed by atoms with Crippen molar-refractivity contribution in [2.24, 2.45) is 0 Å². The van der Waals surface area contributed by atoms with E-state index in [4.69, 9.17) is 23.2 Å². The summed E-state index contributed by atoms with van der Waals surface area (Å²) in [5.74, 6) is -0.598. The molecule has 0 fully saturated rings. The van der Waals surface area contributed by atoms with Gasteiger partial charge >= 0.3 is 6.18 Å². The zero-order chi connectivity index (χ0) is 15.6. The van der Waals surface area contributed by atoms with Crippen LogP contribution >= 0.6 is 23.2 Å². The van der Waals surface area contributed by atoms with Crippen LogP contribution in [0.2, 0.25) is 10.4 Å². The Bertz CT molecular complexity index is 654. The molecule has 0 bridgehead atoms. The quantitative estimate of drug-likeness (QED) is 0.665. The maximum Gasteiger partial charge on any atom is 0.416 e. The summed E-state index contributed by atoms with van der Waals surface area (Å²) in [6, 6.07) is 5.00. The van der Waals surface area contributed by atoms with E-state index in [9.17, 15) is 18.0 Å².